The second-order valence-electron chi connectivity index (χ2n) is 4.28. The monoisotopic (exact) mass is 335 g/mol. The molecule has 0 aliphatic carbocycles. The van der Waals surface area contributed by atoms with Gasteiger partial charge in [-0.3, -0.25) is 9.40 Å². The Morgan fingerprint density at radius 1 is 1.38 bits per heavy atom. The third-order valence-corrected chi connectivity index (χ3v) is 4.54. The number of nitrogens with zero attached hydrogens (tertiary/aromatic N) is 2. The lowest BCUT2D eigenvalue weighted by Gasteiger charge is -2.09. The fraction of sp³-hybridized carbons (Fsp3) is 0.250. The molecule has 1 aromatic carbocycles. The zero-order valence-electron chi connectivity index (χ0n) is 11.2. The van der Waals surface area contributed by atoms with Crippen LogP contribution in [0.3, 0.4) is 0 Å². The van der Waals surface area contributed by atoms with E-state index in [9.17, 15) is 17.2 Å². The standard InChI is InChI=1S/C12H12ClF2N3O2S/c1-3-7-6-10(18(2)16-7)17-21(19,20)9-5-4-8(14)11(13)12(9)15/h4-6,17H,3H2,1-2H3. The number of aromatic nitrogens is 2. The molecule has 2 rings (SSSR count). The summed E-state index contributed by atoms with van der Waals surface area (Å²) >= 11 is 5.39. The van der Waals surface area contributed by atoms with E-state index in [1.54, 1.807) is 7.05 Å². The first-order chi connectivity index (χ1) is 9.76. The molecule has 0 aliphatic heterocycles. The van der Waals surface area contributed by atoms with Crippen molar-refractivity contribution in [1.29, 1.82) is 0 Å². The van der Waals surface area contributed by atoms with Gasteiger partial charge in [0.05, 0.1) is 5.69 Å². The lowest BCUT2D eigenvalue weighted by molar-refractivity contribution is 0.551. The molecule has 0 amide bonds. The second-order valence-corrected chi connectivity index (χ2v) is 6.31. The average molecular weight is 336 g/mol. The van der Waals surface area contributed by atoms with E-state index in [4.69, 9.17) is 11.6 Å². The van der Waals surface area contributed by atoms with Gasteiger partial charge in [0.15, 0.2) is 5.82 Å². The molecule has 9 heteroatoms. The highest BCUT2D eigenvalue weighted by atomic mass is 35.5. The van der Waals surface area contributed by atoms with Gasteiger partial charge in [-0.2, -0.15) is 5.10 Å². The van der Waals surface area contributed by atoms with Crippen LogP contribution in [0.4, 0.5) is 14.6 Å². The maximum Gasteiger partial charge on any atom is 0.266 e. The van der Waals surface area contributed by atoms with Gasteiger partial charge in [0.1, 0.15) is 21.6 Å². The van der Waals surface area contributed by atoms with Crippen LogP contribution in [0.15, 0.2) is 23.1 Å². The molecule has 114 valence electrons. The Labute approximate surface area is 125 Å². The molecule has 0 spiro atoms. The first kappa shape index (κ1) is 15.7. The van der Waals surface area contributed by atoms with Gasteiger partial charge in [0.2, 0.25) is 0 Å². The number of benzene rings is 1. The van der Waals surface area contributed by atoms with Crippen molar-refractivity contribution >= 4 is 27.4 Å². The maximum absolute atomic E-state index is 13.8. The van der Waals surface area contributed by atoms with E-state index in [2.05, 4.69) is 9.82 Å². The van der Waals surface area contributed by atoms with Crippen LogP contribution in [-0.4, -0.2) is 18.2 Å². The van der Waals surface area contributed by atoms with Crippen LogP contribution in [-0.2, 0) is 23.5 Å². The molecule has 0 saturated carbocycles. The zero-order valence-corrected chi connectivity index (χ0v) is 12.8. The molecule has 1 N–H and O–H groups in total. The van der Waals surface area contributed by atoms with Crippen molar-refractivity contribution in [2.24, 2.45) is 7.05 Å². The number of rotatable bonds is 4. The zero-order chi connectivity index (χ0) is 15.8. The summed E-state index contributed by atoms with van der Waals surface area (Å²) in [6.07, 6.45) is 0.617. The summed E-state index contributed by atoms with van der Waals surface area (Å²) in [5.74, 6) is -2.18. The molecule has 1 aromatic heterocycles. The quantitative estimate of drug-likeness (QED) is 0.874. The molecule has 0 radical (unpaired) electrons. The first-order valence-corrected chi connectivity index (χ1v) is 7.81. The summed E-state index contributed by atoms with van der Waals surface area (Å²) in [6.45, 7) is 1.86. The van der Waals surface area contributed by atoms with Crippen molar-refractivity contribution in [3.63, 3.8) is 0 Å². The number of aryl methyl sites for hydroxylation is 2. The van der Waals surface area contributed by atoms with E-state index >= 15 is 0 Å². The van der Waals surface area contributed by atoms with Crippen molar-refractivity contribution in [2.75, 3.05) is 4.72 Å². The molecule has 0 aliphatic rings. The summed E-state index contributed by atoms with van der Waals surface area (Å²) in [4.78, 5) is -0.729. The third kappa shape index (κ3) is 3.01. The highest BCUT2D eigenvalue weighted by molar-refractivity contribution is 7.92. The summed E-state index contributed by atoms with van der Waals surface area (Å²) in [5.41, 5.74) is 0.674. The van der Waals surface area contributed by atoms with Crippen molar-refractivity contribution < 1.29 is 17.2 Å². The van der Waals surface area contributed by atoms with Crippen molar-refractivity contribution in [3.05, 3.63) is 40.6 Å². The smallest absolute Gasteiger partial charge is 0.263 e. The minimum atomic E-state index is -4.24. The largest absolute Gasteiger partial charge is 0.266 e. The summed E-state index contributed by atoms with van der Waals surface area (Å²) in [6, 6.07) is 3.14. The Hall–Kier alpha value is -1.67. The fourth-order valence-corrected chi connectivity index (χ4v) is 3.09. The van der Waals surface area contributed by atoms with Crippen LogP contribution in [0, 0.1) is 11.6 Å². The molecule has 0 atom stereocenters. The summed E-state index contributed by atoms with van der Waals surface area (Å²) in [5, 5.41) is 3.21. The lowest BCUT2D eigenvalue weighted by atomic mass is 10.3. The van der Waals surface area contributed by atoms with E-state index in [-0.39, 0.29) is 5.82 Å². The highest BCUT2D eigenvalue weighted by Crippen LogP contribution is 2.26. The van der Waals surface area contributed by atoms with E-state index < -0.39 is 31.6 Å². The molecule has 21 heavy (non-hydrogen) atoms. The number of sulfonamides is 1. The molecule has 0 bridgehead atoms. The van der Waals surface area contributed by atoms with Crippen LogP contribution >= 0.6 is 11.6 Å². The third-order valence-electron chi connectivity index (χ3n) is 2.82. The fourth-order valence-electron chi connectivity index (χ4n) is 1.70. The Balaban J connectivity index is 2.43. The lowest BCUT2D eigenvalue weighted by Crippen LogP contribution is -2.17. The number of hydrogen-bond acceptors (Lipinski definition) is 3. The normalized spacial score (nSPS) is 11.7. The van der Waals surface area contributed by atoms with Crippen LogP contribution in [0.25, 0.3) is 0 Å². The van der Waals surface area contributed by atoms with Crippen LogP contribution < -0.4 is 4.72 Å². The number of nitrogens with one attached hydrogen (secondary N) is 1. The van der Waals surface area contributed by atoms with Crippen molar-refractivity contribution in [2.45, 2.75) is 18.2 Å². The number of anilines is 1. The van der Waals surface area contributed by atoms with E-state index in [1.807, 2.05) is 6.92 Å². The van der Waals surface area contributed by atoms with Gasteiger partial charge in [-0.1, -0.05) is 18.5 Å². The SMILES string of the molecule is CCc1cc(NS(=O)(=O)c2ccc(F)c(Cl)c2F)n(C)n1. The van der Waals surface area contributed by atoms with Gasteiger partial charge in [0.25, 0.3) is 10.0 Å². The van der Waals surface area contributed by atoms with Crippen molar-refractivity contribution in [1.82, 2.24) is 9.78 Å². The molecular formula is C12H12ClF2N3O2S. The van der Waals surface area contributed by atoms with Crippen LogP contribution in [0.5, 0.6) is 0 Å². The Morgan fingerprint density at radius 3 is 2.62 bits per heavy atom. The van der Waals surface area contributed by atoms with Gasteiger partial charge < -0.3 is 0 Å². The molecular weight excluding hydrogens is 324 g/mol. The molecule has 5 nitrogen and oxygen atoms in total. The minimum absolute atomic E-state index is 0.173. The molecule has 0 saturated heterocycles. The average Bonchev–Trinajstić information content (AvgIpc) is 2.76. The number of hydrogen-bond donors (Lipinski definition) is 1. The Kier molecular flexibility index (Phi) is 4.20. The van der Waals surface area contributed by atoms with Gasteiger partial charge in [-0.05, 0) is 18.6 Å². The van der Waals surface area contributed by atoms with Gasteiger partial charge in [0, 0.05) is 13.1 Å². The number of halogens is 3. The van der Waals surface area contributed by atoms with Gasteiger partial charge in [-0.25, -0.2) is 17.2 Å². The highest BCUT2D eigenvalue weighted by Gasteiger charge is 2.24. The minimum Gasteiger partial charge on any atom is -0.263 e. The molecule has 1 heterocycles. The van der Waals surface area contributed by atoms with Crippen molar-refractivity contribution in [3.8, 4) is 0 Å². The van der Waals surface area contributed by atoms with Gasteiger partial charge in [-0.15, -0.1) is 0 Å². The van der Waals surface area contributed by atoms with Crippen LogP contribution in [0.1, 0.15) is 12.6 Å². The summed E-state index contributed by atoms with van der Waals surface area (Å²) in [7, 11) is -2.69. The van der Waals surface area contributed by atoms with Crippen LogP contribution in [0.2, 0.25) is 5.02 Å². The molecule has 0 unspecified atom stereocenters. The maximum atomic E-state index is 13.8. The predicted molar refractivity (Wildman–Crippen MR) is 74.8 cm³/mol. The topological polar surface area (TPSA) is 64.0 Å². The summed E-state index contributed by atoms with van der Waals surface area (Å²) < 4.78 is 54.7. The predicted octanol–water partition coefficient (Wildman–Crippen LogP) is 2.71. The van der Waals surface area contributed by atoms with E-state index in [1.165, 1.54) is 10.7 Å². The molecule has 0 fully saturated rings. The molecule has 2 aromatic rings. The van der Waals surface area contributed by atoms with E-state index in [0.29, 0.717) is 12.1 Å². The first-order valence-electron chi connectivity index (χ1n) is 5.95. The second kappa shape index (κ2) is 5.61. The van der Waals surface area contributed by atoms with E-state index in [0.717, 1.165) is 12.1 Å². The van der Waals surface area contributed by atoms with Gasteiger partial charge >= 0.3 is 0 Å². The Morgan fingerprint density at radius 2 is 2.05 bits per heavy atom. The Bertz CT molecular complexity index is 790.